The van der Waals surface area contributed by atoms with Crippen molar-refractivity contribution in [2.45, 2.75) is 51.2 Å². The normalized spacial score (nSPS) is 12.6. The van der Waals surface area contributed by atoms with Crippen LogP contribution in [0.4, 0.5) is 5.69 Å². The molecule has 0 unspecified atom stereocenters. The molecule has 0 heterocycles. The molecule has 0 aromatic heterocycles. The van der Waals surface area contributed by atoms with E-state index in [9.17, 15) is 24.9 Å². The fourth-order valence-corrected chi connectivity index (χ4v) is 4.24. The molecule has 3 aromatic rings. The number of phenols is 2. The third kappa shape index (κ3) is 7.81. The number of β-amino-alcohol motifs (C(OH)–C–C–N with tert-alkyl or cyclic N) is 1. The number of benzene rings is 3. The fourth-order valence-electron chi connectivity index (χ4n) is 4.24. The molecule has 0 saturated carbocycles. The Morgan fingerprint density at radius 1 is 0.974 bits per heavy atom. The standard InChI is InChI=1S/C30H37N3O5/c1-29(2,23-9-11-24(35)12-10-23)18-31-28(38)22-7-5-6-20(14-22)16-30(3,4)33-17-27(37)21-8-13-26(36)25(15-21)32-19-34/h5-15,19,27,33,35-37H,16-18H2,1-4H3,(H,31,38)(H,32,34)/t27-/m0/s1. The maximum absolute atomic E-state index is 12.9. The Kier molecular flexibility index (Phi) is 9.14. The van der Waals surface area contributed by atoms with E-state index in [1.165, 1.54) is 12.1 Å². The molecule has 38 heavy (non-hydrogen) atoms. The van der Waals surface area contributed by atoms with Crippen LogP contribution in [0.5, 0.6) is 11.5 Å². The van der Waals surface area contributed by atoms with Crippen LogP contribution < -0.4 is 16.0 Å². The van der Waals surface area contributed by atoms with E-state index >= 15 is 0 Å². The van der Waals surface area contributed by atoms with Crippen molar-refractivity contribution >= 4 is 18.0 Å². The quantitative estimate of drug-likeness (QED) is 0.158. The first-order chi connectivity index (χ1) is 17.9. The Labute approximate surface area is 223 Å². The molecule has 3 rings (SSSR count). The summed E-state index contributed by atoms with van der Waals surface area (Å²) in [6.07, 6.45) is 0.237. The second-order valence-electron chi connectivity index (χ2n) is 10.8. The largest absolute Gasteiger partial charge is 0.508 e. The number of phenolic OH excluding ortho intramolecular Hbond substituents is 2. The van der Waals surface area contributed by atoms with Crippen LogP contribution in [0.1, 0.15) is 60.8 Å². The van der Waals surface area contributed by atoms with E-state index in [0.717, 1.165) is 11.1 Å². The van der Waals surface area contributed by atoms with Gasteiger partial charge in [-0.05, 0) is 73.4 Å². The second-order valence-corrected chi connectivity index (χ2v) is 10.8. The molecule has 0 saturated heterocycles. The van der Waals surface area contributed by atoms with E-state index in [-0.39, 0.29) is 35.1 Å². The van der Waals surface area contributed by atoms with Gasteiger partial charge in [0, 0.05) is 29.6 Å². The van der Waals surface area contributed by atoms with Crippen molar-refractivity contribution in [3.63, 3.8) is 0 Å². The highest BCUT2D eigenvalue weighted by atomic mass is 16.3. The van der Waals surface area contributed by atoms with E-state index in [2.05, 4.69) is 16.0 Å². The third-order valence-electron chi connectivity index (χ3n) is 6.57. The smallest absolute Gasteiger partial charge is 0.251 e. The average molecular weight is 520 g/mol. The number of aliphatic hydroxyl groups excluding tert-OH is 1. The van der Waals surface area contributed by atoms with Gasteiger partial charge in [-0.15, -0.1) is 0 Å². The maximum Gasteiger partial charge on any atom is 0.251 e. The van der Waals surface area contributed by atoms with Crippen molar-refractivity contribution in [2.24, 2.45) is 0 Å². The highest BCUT2D eigenvalue weighted by molar-refractivity contribution is 5.94. The molecule has 1 atom stereocenters. The predicted molar refractivity (Wildman–Crippen MR) is 148 cm³/mol. The summed E-state index contributed by atoms with van der Waals surface area (Å²) < 4.78 is 0. The van der Waals surface area contributed by atoms with Gasteiger partial charge in [0.2, 0.25) is 6.41 Å². The van der Waals surface area contributed by atoms with Crippen LogP contribution in [0.2, 0.25) is 0 Å². The van der Waals surface area contributed by atoms with Crippen LogP contribution in [-0.2, 0) is 16.6 Å². The van der Waals surface area contributed by atoms with Gasteiger partial charge in [0.25, 0.3) is 5.91 Å². The Balaban J connectivity index is 1.58. The molecule has 0 aliphatic rings. The number of carbonyl (C=O) groups excluding carboxylic acids is 2. The molecule has 6 N–H and O–H groups in total. The van der Waals surface area contributed by atoms with Gasteiger partial charge < -0.3 is 31.3 Å². The number of amides is 2. The molecule has 8 heteroatoms. The van der Waals surface area contributed by atoms with Gasteiger partial charge in [-0.1, -0.05) is 44.2 Å². The molecule has 0 radical (unpaired) electrons. The average Bonchev–Trinajstić information content (AvgIpc) is 2.87. The fraction of sp³-hybridized carbons (Fsp3) is 0.333. The van der Waals surface area contributed by atoms with Crippen molar-refractivity contribution in [1.29, 1.82) is 0 Å². The number of nitrogens with one attached hydrogen (secondary N) is 3. The Bertz CT molecular complexity index is 1250. The van der Waals surface area contributed by atoms with Crippen LogP contribution in [-0.4, -0.2) is 46.3 Å². The van der Waals surface area contributed by atoms with Crippen molar-refractivity contribution in [2.75, 3.05) is 18.4 Å². The minimum Gasteiger partial charge on any atom is -0.508 e. The van der Waals surface area contributed by atoms with Crippen LogP contribution in [0.3, 0.4) is 0 Å². The third-order valence-corrected chi connectivity index (χ3v) is 6.57. The minimum absolute atomic E-state index is 0.0748. The Hall–Kier alpha value is -3.88. The van der Waals surface area contributed by atoms with Gasteiger partial charge in [0.1, 0.15) is 11.5 Å². The first-order valence-corrected chi connectivity index (χ1v) is 12.5. The maximum atomic E-state index is 12.9. The molecular weight excluding hydrogens is 482 g/mol. The number of anilines is 1. The summed E-state index contributed by atoms with van der Waals surface area (Å²) in [4.78, 5) is 23.6. The van der Waals surface area contributed by atoms with E-state index in [0.29, 0.717) is 30.5 Å². The molecule has 2 amide bonds. The van der Waals surface area contributed by atoms with Gasteiger partial charge in [-0.3, -0.25) is 9.59 Å². The molecule has 0 aliphatic heterocycles. The molecule has 0 fully saturated rings. The van der Waals surface area contributed by atoms with Crippen molar-refractivity contribution in [3.8, 4) is 11.5 Å². The molecule has 0 bridgehead atoms. The minimum atomic E-state index is -0.851. The summed E-state index contributed by atoms with van der Waals surface area (Å²) in [5.74, 6) is -0.0279. The lowest BCUT2D eigenvalue weighted by molar-refractivity contribution is -0.105. The van der Waals surface area contributed by atoms with Gasteiger partial charge >= 0.3 is 0 Å². The first kappa shape index (κ1) is 28.7. The summed E-state index contributed by atoms with van der Waals surface area (Å²) in [5.41, 5.74) is 2.65. The van der Waals surface area contributed by atoms with Gasteiger partial charge in [-0.25, -0.2) is 0 Å². The number of hydrogen-bond donors (Lipinski definition) is 6. The second kappa shape index (κ2) is 12.1. The van der Waals surface area contributed by atoms with Gasteiger partial charge in [0.15, 0.2) is 0 Å². The van der Waals surface area contributed by atoms with E-state index in [4.69, 9.17) is 0 Å². The summed E-state index contributed by atoms with van der Waals surface area (Å²) in [5, 5.41) is 38.8. The highest BCUT2D eigenvalue weighted by Crippen LogP contribution is 2.27. The Morgan fingerprint density at radius 2 is 1.68 bits per heavy atom. The molecule has 3 aromatic carbocycles. The van der Waals surface area contributed by atoms with Crippen LogP contribution >= 0.6 is 0 Å². The number of carbonyl (C=O) groups is 2. The van der Waals surface area contributed by atoms with E-state index in [1.807, 2.05) is 58.0 Å². The van der Waals surface area contributed by atoms with E-state index < -0.39 is 11.6 Å². The summed E-state index contributed by atoms with van der Waals surface area (Å²) >= 11 is 0. The predicted octanol–water partition coefficient (Wildman–Crippen LogP) is 4.02. The van der Waals surface area contributed by atoms with Crippen molar-refractivity contribution in [1.82, 2.24) is 10.6 Å². The van der Waals surface area contributed by atoms with E-state index in [1.54, 1.807) is 24.3 Å². The zero-order chi connectivity index (χ0) is 27.9. The number of aromatic hydroxyl groups is 2. The highest BCUT2D eigenvalue weighted by Gasteiger charge is 2.23. The lowest BCUT2D eigenvalue weighted by atomic mass is 9.84. The zero-order valence-electron chi connectivity index (χ0n) is 22.3. The van der Waals surface area contributed by atoms with Gasteiger partial charge in [0.05, 0.1) is 11.8 Å². The molecule has 0 aliphatic carbocycles. The Morgan fingerprint density at radius 3 is 2.37 bits per heavy atom. The molecule has 0 spiro atoms. The monoisotopic (exact) mass is 519 g/mol. The van der Waals surface area contributed by atoms with Crippen molar-refractivity contribution in [3.05, 3.63) is 89.0 Å². The van der Waals surface area contributed by atoms with Crippen LogP contribution in [0.15, 0.2) is 66.7 Å². The molecular formula is C30H37N3O5. The number of hydrogen-bond acceptors (Lipinski definition) is 6. The zero-order valence-corrected chi connectivity index (χ0v) is 22.3. The first-order valence-electron chi connectivity index (χ1n) is 12.5. The topological polar surface area (TPSA) is 131 Å². The summed E-state index contributed by atoms with van der Waals surface area (Å²) in [7, 11) is 0. The van der Waals surface area contributed by atoms with Crippen LogP contribution in [0.25, 0.3) is 0 Å². The number of rotatable bonds is 12. The lowest BCUT2D eigenvalue weighted by Gasteiger charge is -2.28. The lowest BCUT2D eigenvalue weighted by Crippen LogP contribution is -2.43. The molecule has 8 nitrogen and oxygen atoms in total. The number of aliphatic hydroxyl groups is 1. The SMILES string of the molecule is CC(C)(Cc1cccc(C(=O)NCC(C)(C)c2ccc(O)cc2)c1)NC[C@H](O)c1ccc(O)c(NC=O)c1. The van der Waals surface area contributed by atoms with Crippen molar-refractivity contribution < 1.29 is 24.9 Å². The summed E-state index contributed by atoms with van der Waals surface area (Å²) in [6.45, 7) is 8.80. The van der Waals surface area contributed by atoms with Gasteiger partial charge in [-0.2, -0.15) is 0 Å². The van der Waals surface area contributed by atoms with Crippen LogP contribution in [0, 0.1) is 0 Å². The summed E-state index contributed by atoms with van der Waals surface area (Å²) in [6, 6.07) is 19.1. The molecule has 202 valence electrons.